The first-order chi connectivity index (χ1) is 8.72. The first kappa shape index (κ1) is 11.0. The Morgan fingerprint density at radius 2 is 1.67 bits per heavy atom. The maximum atomic E-state index is 10.8. The van der Waals surface area contributed by atoms with Gasteiger partial charge in [0.25, 0.3) is 5.79 Å². The summed E-state index contributed by atoms with van der Waals surface area (Å²) in [6.45, 7) is 1.86. The van der Waals surface area contributed by atoms with Crippen molar-refractivity contribution in [1.82, 2.24) is 0 Å². The summed E-state index contributed by atoms with van der Waals surface area (Å²) in [4.78, 5) is 5.33. The van der Waals surface area contributed by atoms with E-state index in [0.717, 1.165) is 16.8 Å². The lowest BCUT2D eigenvalue weighted by Gasteiger charge is -2.31. The summed E-state index contributed by atoms with van der Waals surface area (Å²) in [7, 11) is 0. The number of oxime groups is 1. The van der Waals surface area contributed by atoms with Gasteiger partial charge in [-0.3, -0.25) is 0 Å². The van der Waals surface area contributed by atoms with Gasteiger partial charge in [0, 0.05) is 16.7 Å². The van der Waals surface area contributed by atoms with Gasteiger partial charge in [0.15, 0.2) is 0 Å². The molecule has 0 fully saturated rings. The molecule has 0 aromatic heterocycles. The fourth-order valence-electron chi connectivity index (χ4n) is 2.20. The second-order valence-electron chi connectivity index (χ2n) is 4.32. The first-order valence-corrected chi connectivity index (χ1v) is 5.82. The molecule has 1 N–H and O–H groups in total. The number of rotatable bonds is 1. The van der Waals surface area contributed by atoms with Crippen molar-refractivity contribution in [3.8, 4) is 0 Å². The van der Waals surface area contributed by atoms with Crippen LogP contribution in [0.2, 0.25) is 0 Å². The number of hydrogen-bond acceptors (Lipinski definition) is 3. The van der Waals surface area contributed by atoms with Gasteiger partial charge in [-0.2, -0.15) is 0 Å². The van der Waals surface area contributed by atoms with Crippen LogP contribution in [0.5, 0.6) is 0 Å². The van der Waals surface area contributed by atoms with Crippen LogP contribution >= 0.6 is 0 Å². The van der Waals surface area contributed by atoms with Crippen molar-refractivity contribution >= 4 is 5.71 Å². The number of nitrogens with zero attached hydrogens (tertiary/aromatic N) is 1. The molecule has 0 saturated heterocycles. The molecule has 0 spiro atoms. The van der Waals surface area contributed by atoms with Gasteiger partial charge in [0.1, 0.15) is 0 Å². The van der Waals surface area contributed by atoms with Gasteiger partial charge < -0.3 is 9.94 Å². The minimum Gasteiger partial charge on any atom is -0.350 e. The monoisotopic (exact) mass is 239 g/mol. The van der Waals surface area contributed by atoms with Crippen LogP contribution in [-0.2, 0) is 10.6 Å². The van der Waals surface area contributed by atoms with E-state index >= 15 is 0 Å². The molecule has 2 aromatic rings. The van der Waals surface area contributed by atoms with Crippen LogP contribution in [0.3, 0.4) is 0 Å². The predicted molar refractivity (Wildman–Crippen MR) is 69.2 cm³/mol. The molecule has 0 radical (unpaired) electrons. The third-order valence-electron chi connectivity index (χ3n) is 3.16. The molecule has 1 aliphatic rings. The first-order valence-electron chi connectivity index (χ1n) is 5.82. The molecule has 90 valence electrons. The quantitative estimate of drug-likeness (QED) is 0.831. The molecule has 0 saturated carbocycles. The van der Waals surface area contributed by atoms with Crippen LogP contribution in [0.25, 0.3) is 0 Å². The second-order valence-corrected chi connectivity index (χ2v) is 4.32. The van der Waals surface area contributed by atoms with Gasteiger partial charge >= 0.3 is 0 Å². The van der Waals surface area contributed by atoms with Crippen molar-refractivity contribution in [3.63, 3.8) is 0 Å². The predicted octanol–water partition coefficient (Wildman–Crippen LogP) is 2.63. The van der Waals surface area contributed by atoms with Gasteiger partial charge in [-0.05, 0) is 6.92 Å². The molecule has 1 atom stereocenters. The van der Waals surface area contributed by atoms with E-state index < -0.39 is 5.79 Å². The van der Waals surface area contributed by atoms with E-state index in [1.807, 2.05) is 61.5 Å². The highest BCUT2D eigenvalue weighted by atomic mass is 16.7. The lowest BCUT2D eigenvalue weighted by molar-refractivity contribution is -0.183. The molecule has 0 aliphatic carbocycles. The van der Waals surface area contributed by atoms with E-state index in [1.165, 1.54) is 0 Å². The highest BCUT2D eigenvalue weighted by Gasteiger charge is 2.39. The van der Waals surface area contributed by atoms with Gasteiger partial charge in [-0.25, -0.2) is 0 Å². The number of hydrogen-bond donors (Lipinski definition) is 1. The van der Waals surface area contributed by atoms with E-state index in [0.29, 0.717) is 5.56 Å². The van der Waals surface area contributed by atoms with E-state index in [-0.39, 0.29) is 0 Å². The molecule has 0 amide bonds. The second kappa shape index (κ2) is 3.96. The van der Waals surface area contributed by atoms with Crippen LogP contribution in [0.15, 0.2) is 59.8 Å². The third kappa shape index (κ3) is 1.52. The lowest BCUT2D eigenvalue weighted by Crippen LogP contribution is -2.34. The molecule has 3 nitrogen and oxygen atoms in total. The molecule has 0 bridgehead atoms. The molecular formula is C15H13NO2. The largest absolute Gasteiger partial charge is 0.350 e. The van der Waals surface area contributed by atoms with Gasteiger partial charge in [-0.15, -0.1) is 0 Å². The third-order valence-corrected chi connectivity index (χ3v) is 3.16. The standard InChI is InChI=1S/C15H13NO2/c1-11-13-9-5-6-10-14(13)15(17,18-16-11)12-7-3-2-4-8-12/h2-10,17H,1H3. The summed E-state index contributed by atoms with van der Waals surface area (Å²) in [6.07, 6.45) is 0. The molecule has 2 aromatic carbocycles. The van der Waals surface area contributed by atoms with Gasteiger partial charge in [0.2, 0.25) is 0 Å². The zero-order valence-corrected chi connectivity index (χ0v) is 10.00. The number of fused-ring (bicyclic) bond motifs is 1. The maximum Gasteiger partial charge on any atom is 0.287 e. The van der Waals surface area contributed by atoms with E-state index in [1.54, 1.807) is 0 Å². The summed E-state index contributed by atoms with van der Waals surface area (Å²) in [6, 6.07) is 16.9. The molecule has 1 unspecified atom stereocenters. The van der Waals surface area contributed by atoms with Crippen LogP contribution in [0.1, 0.15) is 23.6 Å². The molecule has 1 heterocycles. The fraction of sp³-hybridized carbons (Fsp3) is 0.133. The van der Waals surface area contributed by atoms with E-state index in [4.69, 9.17) is 4.84 Å². The zero-order valence-electron chi connectivity index (χ0n) is 10.00. The zero-order chi connectivity index (χ0) is 12.6. The molecule has 18 heavy (non-hydrogen) atoms. The molecule has 3 heteroatoms. The maximum absolute atomic E-state index is 10.8. The van der Waals surface area contributed by atoms with Crippen LogP contribution in [-0.4, -0.2) is 10.8 Å². The van der Waals surface area contributed by atoms with E-state index in [2.05, 4.69) is 5.16 Å². The highest BCUT2D eigenvalue weighted by molar-refractivity contribution is 6.00. The van der Waals surface area contributed by atoms with Crippen LogP contribution < -0.4 is 0 Å². The van der Waals surface area contributed by atoms with Crippen LogP contribution in [0.4, 0.5) is 0 Å². The van der Waals surface area contributed by atoms with Crippen LogP contribution in [0, 0.1) is 0 Å². The topological polar surface area (TPSA) is 41.8 Å². The Kier molecular flexibility index (Phi) is 2.42. The summed E-state index contributed by atoms with van der Waals surface area (Å²) < 4.78 is 0. The smallest absolute Gasteiger partial charge is 0.287 e. The minimum absolute atomic E-state index is 0.675. The van der Waals surface area contributed by atoms with Crippen molar-refractivity contribution in [3.05, 3.63) is 71.3 Å². The Morgan fingerprint density at radius 3 is 2.44 bits per heavy atom. The van der Waals surface area contributed by atoms with Gasteiger partial charge in [0.05, 0.1) is 5.71 Å². The summed E-state index contributed by atoms with van der Waals surface area (Å²) in [5.41, 5.74) is 3.08. The van der Waals surface area contributed by atoms with Crippen molar-refractivity contribution in [1.29, 1.82) is 0 Å². The van der Waals surface area contributed by atoms with Gasteiger partial charge in [-0.1, -0.05) is 59.8 Å². The molecule has 3 rings (SSSR count). The number of aliphatic hydroxyl groups is 1. The molecule has 1 aliphatic heterocycles. The minimum atomic E-state index is -1.50. The number of benzene rings is 2. The Hall–Kier alpha value is -2.13. The summed E-state index contributed by atoms with van der Waals surface area (Å²) in [5.74, 6) is -1.50. The average molecular weight is 239 g/mol. The average Bonchev–Trinajstić information content (AvgIpc) is 2.44. The Labute approximate surface area is 105 Å². The van der Waals surface area contributed by atoms with Crippen molar-refractivity contribution in [2.75, 3.05) is 0 Å². The highest BCUT2D eigenvalue weighted by Crippen LogP contribution is 2.36. The van der Waals surface area contributed by atoms with Crippen molar-refractivity contribution in [2.45, 2.75) is 12.7 Å². The summed E-state index contributed by atoms with van der Waals surface area (Å²) >= 11 is 0. The Morgan fingerprint density at radius 1 is 1.00 bits per heavy atom. The Bertz CT molecular complexity index is 607. The van der Waals surface area contributed by atoms with Crippen molar-refractivity contribution < 1.29 is 9.94 Å². The fourth-order valence-corrected chi connectivity index (χ4v) is 2.20. The normalized spacial score (nSPS) is 21.8. The Balaban J connectivity index is 2.21. The SMILES string of the molecule is CC1=NOC(O)(c2ccccc2)c2ccccc21. The van der Waals surface area contributed by atoms with E-state index in [9.17, 15) is 5.11 Å². The lowest BCUT2D eigenvalue weighted by atomic mass is 9.91. The van der Waals surface area contributed by atoms with Crippen molar-refractivity contribution in [2.24, 2.45) is 5.16 Å². The molecular weight excluding hydrogens is 226 g/mol. The summed E-state index contributed by atoms with van der Waals surface area (Å²) in [5, 5.41) is 14.8.